The first kappa shape index (κ1) is 23.2. The lowest BCUT2D eigenvalue weighted by molar-refractivity contribution is 0.292. The zero-order chi connectivity index (χ0) is 15.5. The summed E-state index contributed by atoms with van der Waals surface area (Å²) in [7, 11) is 0. The molecule has 2 nitrogen and oxygen atoms in total. The quantitative estimate of drug-likeness (QED) is 0.798. The highest BCUT2D eigenvalue weighted by Crippen LogP contribution is 2.02. The highest BCUT2D eigenvalue weighted by atomic mass is 19.1. The Bertz CT molecular complexity index is 254. The van der Waals surface area contributed by atoms with E-state index >= 15 is 0 Å². The number of hydrogen-bond donors (Lipinski definition) is 2. The van der Waals surface area contributed by atoms with Crippen LogP contribution in [0.1, 0.15) is 53.5 Å². The van der Waals surface area contributed by atoms with Gasteiger partial charge in [-0.2, -0.15) is 0 Å². The lowest BCUT2D eigenvalue weighted by atomic mass is 10.2. The molecule has 0 saturated heterocycles. The number of halogens is 1. The Balaban J connectivity index is -0.000000313. The van der Waals surface area contributed by atoms with Gasteiger partial charge in [0.05, 0.1) is 6.61 Å². The van der Waals surface area contributed by atoms with Gasteiger partial charge in [-0.3, -0.25) is 0 Å². The fraction of sp³-hybridized carbons (Fsp3) is 0.625. The largest absolute Gasteiger partial charge is 0.395 e. The molecular formula is C16H32FNO. The SMILES string of the molecule is CC.CC.CCC.OCCNCc1cccc(F)c1. The number of aliphatic hydroxyl groups is 1. The van der Waals surface area contributed by atoms with Gasteiger partial charge >= 0.3 is 0 Å². The van der Waals surface area contributed by atoms with Gasteiger partial charge in [-0.05, 0) is 17.7 Å². The van der Waals surface area contributed by atoms with Crippen LogP contribution in [0.4, 0.5) is 4.39 Å². The van der Waals surface area contributed by atoms with E-state index in [4.69, 9.17) is 5.11 Å². The molecule has 0 aliphatic heterocycles. The smallest absolute Gasteiger partial charge is 0.123 e. The van der Waals surface area contributed by atoms with Crippen LogP contribution < -0.4 is 5.32 Å². The summed E-state index contributed by atoms with van der Waals surface area (Å²) in [6.45, 7) is 13.5. The van der Waals surface area contributed by atoms with E-state index in [1.54, 1.807) is 6.07 Å². The highest BCUT2D eigenvalue weighted by Gasteiger charge is 1.93. The molecule has 0 radical (unpaired) electrons. The highest BCUT2D eigenvalue weighted by molar-refractivity contribution is 5.15. The van der Waals surface area contributed by atoms with Gasteiger partial charge in [0.15, 0.2) is 0 Å². The van der Waals surface area contributed by atoms with Crippen molar-refractivity contribution in [2.24, 2.45) is 0 Å². The second-order valence-electron chi connectivity index (χ2n) is 3.24. The van der Waals surface area contributed by atoms with E-state index in [0.717, 1.165) is 5.56 Å². The molecule has 19 heavy (non-hydrogen) atoms. The predicted octanol–water partition coefficient (Wildman–Crippen LogP) is 4.38. The van der Waals surface area contributed by atoms with Crippen molar-refractivity contribution in [3.63, 3.8) is 0 Å². The Hall–Kier alpha value is -0.930. The van der Waals surface area contributed by atoms with Crippen molar-refractivity contribution in [3.05, 3.63) is 35.6 Å². The van der Waals surface area contributed by atoms with Crippen molar-refractivity contribution in [2.45, 2.75) is 54.5 Å². The molecule has 0 aliphatic carbocycles. The average molecular weight is 273 g/mol. The third-order valence-corrected chi connectivity index (χ3v) is 1.51. The van der Waals surface area contributed by atoms with Gasteiger partial charge < -0.3 is 10.4 Å². The maximum absolute atomic E-state index is 12.6. The average Bonchev–Trinajstić information content (AvgIpc) is 2.45. The summed E-state index contributed by atoms with van der Waals surface area (Å²) in [6, 6.07) is 6.40. The van der Waals surface area contributed by atoms with Gasteiger partial charge in [0, 0.05) is 13.1 Å². The van der Waals surface area contributed by atoms with Crippen LogP contribution in [0.2, 0.25) is 0 Å². The second-order valence-corrected chi connectivity index (χ2v) is 3.24. The Morgan fingerprint density at radius 3 is 2.05 bits per heavy atom. The lowest BCUT2D eigenvalue weighted by Crippen LogP contribution is -2.17. The summed E-state index contributed by atoms with van der Waals surface area (Å²) in [4.78, 5) is 0. The molecule has 3 heteroatoms. The number of hydrogen-bond acceptors (Lipinski definition) is 2. The van der Waals surface area contributed by atoms with Crippen LogP contribution in [-0.4, -0.2) is 18.3 Å². The molecule has 0 bridgehead atoms. The lowest BCUT2D eigenvalue weighted by Gasteiger charge is -2.01. The van der Waals surface area contributed by atoms with Crippen LogP contribution in [0.15, 0.2) is 24.3 Å². The number of nitrogens with one attached hydrogen (secondary N) is 1. The molecular weight excluding hydrogens is 241 g/mol. The molecule has 0 heterocycles. The summed E-state index contributed by atoms with van der Waals surface area (Å²) in [6.07, 6.45) is 1.25. The minimum atomic E-state index is -0.224. The van der Waals surface area contributed by atoms with Crippen LogP contribution in [0.5, 0.6) is 0 Å². The maximum Gasteiger partial charge on any atom is 0.123 e. The van der Waals surface area contributed by atoms with Crippen LogP contribution in [0, 0.1) is 5.82 Å². The van der Waals surface area contributed by atoms with E-state index in [-0.39, 0.29) is 12.4 Å². The zero-order valence-electron chi connectivity index (χ0n) is 13.5. The normalized spacial score (nSPS) is 8.00. The summed E-state index contributed by atoms with van der Waals surface area (Å²) in [5, 5.41) is 11.4. The van der Waals surface area contributed by atoms with Crippen molar-refractivity contribution in [1.29, 1.82) is 0 Å². The summed E-state index contributed by atoms with van der Waals surface area (Å²) in [5.74, 6) is -0.224. The fourth-order valence-corrected chi connectivity index (χ4v) is 0.959. The van der Waals surface area contributed by atoms with E-state index in [1.165, 1.54) is 18.6 Å². The molecule has 0 aromatic heterocycles. The minimum absolute atomic E-state index is 0.106. The molecule has 0 spiro atoms. The van der Waals surface area contributed by atoms with Crippen molar-refractivity contribution < 1.29 is 9.50 Å². The number of rotatable bonds is 4. The molecule has 1 aromatic rings. The van der Waals surface area contributed by atoms with Gasteiger partial charge in [0.2, 0.25) is 0 Å². The van der Waals surface area contributed by atoms with Crippen LogP contribution in [0.25, 0.3) is 0 Å². The second kappa shape index (κ2) is 22.3. The van der Waals surface area contributed by atoms with Gasteiger partial charge in [-0.1, -0.05) is 60.1 Å². The third-order valence-electron chi connectivity index (χ3n) is 1.51. The van der Waals surface area contributed by atoms with Crippen molar-refractivity contribution in [1.82, 2.24) is 5.32 Å². The fourth-order valence-electron chi connectivity index (χ4n) is 0.959. The molecule has 0 amide bonds. The van der Waals surface area contributed by atoms with Gasteiger partial charge in [-0.15, -0.1) is 0 Å². The Labute approximate surface area is 119 Å². The van der Waals surface area contributed by atoms with E-state index < -0.39 is 0 Å². The standard InChI is InChI=1S/C9H12FNO.C3H8.2C2H6/c10-9-3-1-2-8(6-9)7-11-4-5-12;1-3-2;2*1-2/h1-3,6,11-12H,4-5,7H2;3H2,1-2H3;2*1-2H3. The third kappa shape index (κ3) is 19.6. The monoisotopic (exact) mass is 273 g/mol. The van der Waals surface area contributed by atoms with Crippen LogP contribution >= 0.6 is 0 Å². The Morgan fingerprint density at radius 1 is 1.11 bits per heavy atom. The van der Waals surface area contributed by atoms with Gasteiger partial charge in [0.1, 0.15) is 5.82 Å². The van der Waals surface area contributed by atoms with Crippen molar-refractivity contribution in [3.8, 4) is 0 Å². The number of benzene rings is 1. The zero-order valence-corrected chi connectivity index (χ0v) is 13.5. The minimum Gasteiger partial charge on any atom is -0.395 e. The van der Waals surface area contributed by atoms with E-state index in [9.17, 15) is 4.39 Å². The van der Waals surface area contributed by atoms with E-state index in [0.29, 0.717) is 13.1 Å². The first-order valence-corrected chi connectivity index (χ1v) is 7.30. The van der Waals surface area contributed by atoms with Crippen LogP contribution in [-0.2, 0) is 6.54 Å². The molecule has 0 unspecified atom stereocenters. The van der Waals surface area contributed by atoms with E-state index in [1.807, 2.05) is 33.8 Å². The Morgan fingerprint density at radius 2 is 1.63 bits per heavy atom. The van der Waals surface area contributed by atoms with Crippen molar-refractivity contribution >= 4 is 0 Å². The summed E-state index contributed by atoms with van der Waals surface area (Å²) < 4.78 is 12.6. The first-order chi connectivity index (χ1) is 9.24. The molecule has 0 aliphatic rings. The summed E-state index contributed by atoms with van der Waals surface area (Å²) >= 11 is 0. The molecule has 1 rings (SSSR count). The molecule has 2 N–H and O–H groups in total. The maximum atomic E-state index is 12.6. The van der Waals surface area contributed by atoms with Crippen LogP contribution in [0.3, 0.4) is 0 Å². The van der Waals surface area contributed by atoms with Gasteiger partial charge in [0.25, 0.3) is 0 Å². The molecule has 0 saturated carbocycles. The van der Waals surface area contributed by atoms with Crippen molar-refractivity contribution in [2.75, 3.05) is 13.2 Å². The summed E-state index contributed by atoms with van der Waals surface area (Å²) in [5.41, 5.74) is 0.892. The predicted molar refractivity (Wildman–Crippen MR) is 83.9 cm³/mol. The van der Waals surface area contributed by atoms with Gasteiger partial charge in [-0.25, -0.2) is 4.39 Å². The number of aliphatic hydroxyl groups excluding tert-OH is 1. The Kier molecular flexibility index (Phi) is 27.2. The van der Waals surface area contributed by atoms with E-state index in [2.05, 4.69) is 19.2 Å². The first-order valence-electron chi connectivity index (χ1n) is 7.30. The molecule has 0 atom stereocenters. The topological polar surface area (TPSA) is 32.3 Å². The molecule has 1 aromatic carbocycles. The molecule has 114 valence electrons. The molecule has 0 fully saturated rings.